The maximum Gasteiger partial charge on any atom is 0.344 e. The number of carbonyl (C=O) groups is 5. The van der Waals surface area contributed by atoms with Gasteiger partial charge < -0.3 is 25.8 Å². The topological polar surface area (TPSA) is 151 Å². The van der Waals surface area contributed by atoms with Crippen LogP contribution in [0.4, 0.5) is 0 Å². The molecule has 2 heterocycles. The van der Waals surface area contributed by atoms with E-state index in [1.165, 1.54) is 34.8 Å². The molecule has 0 saturated heterocycles. The van der Waals surface area contributed by atoms with Gasteiger partial charge in [-0.3, -0.25) is 14.4 Å². The predicted octanol–water partition coefficient (Wildman–Crippen LogP) is 4.88. The Balaban J connectivity index is 1.37. The standard InChI is InChI=1S/C28H21Cl2N3O7S2/c29-20-9-18(25(35)31-11-15-2-1-3-19(8-15)40-28(39)17-5-7-42-14-17)10-21(30)23(20)26(36)33-22(27(37)38)12-32-24(34)16-4-6-41-13-16/h1-10,13-14,22H,11-12H2,(H,31,35)(H,32,34)(H,33,36)(H,37,38)/t22-/m0/s1. The summed E-state index contributed by atoms with van der Waals surface area (Å²) in [5, 5.41) is 23.3. The summed E-state index contributed by atoms with van der Waals surface area (Å²) in [4.78, 5) is 61.7. The van der Waals surface area contributed by atoms with Gasteiger partial charge in [-0.15, -0.1) is 0 Å². The van der Waals surface area contributed by atoms with E-state index in [4.69, 9.17) is 27.9 Å². The Morgan fingerprint density at radius 1 is 0.810 bits per heavy atom. The van der Waals surface area contributed by atoms with E-state index in [-0.39, 0.29) is 34.3 Å². The van der Waals surface area contributed by atoms with Gasteiger partial charge >= 0.3 is 11.9 Å². The van der Waals surface area contributed by atoms with Crippen molar-refractivity contribution in [3.8, 4) is 5.75 Å². The van der Waals surface area contributed by atoms with E-state index in [0.717, 1.165) is 0 Å². The molecule has 0 aliphatic rings. The molecule has 14 heteroatoms. The van der Waals surface area contributed by atoms with Crippen LogP contribution in [0, 0.1) is 0 Å². The largest absolute Gasteiger partial charge is 0.480 e. The minimum absolute atomic E-state index is 0.0550. The second-order valence-electron chi connectivity index (χ2n) is 8.63. The highest BCUT2D eigenvalue weighted by Crippen LogP contribution is 2.27. The number of thiophene rings is 2. The van der Waals surface area contributed by atoms with Crippen molar-refractivity contribution in [3.63, 3.8) is 0 Å². The molecule has 0 spiro atoms. The maximum absolute atomic E-state index is 12.9. The molecule has 1 atom stereocenters. The lowest BCUT2D eigenvalue weighted by atomic mass is 10.1. The van der Waals surface area contributed by atoms with Crippen molar-refractivity contribution in [3.05, 3.63) is 108 Å². The van der Waals surface area contributed by atoms with Gasteiger partial charge in [-0.25, -0.2) is 9.59 Å². The van der Waals surface area contributed by atoms with Crippen molar-refractivity contribution < 1.29 is 33.8 Å². The fraction of sp³-hybridized carbons (Fsp3) is 0.107. The van der Waals surface area contributed by atoms with Crippen molar-refractivity contribution in [1.29, 1.82) is 0 Å². The van der Waals surface area contributed by atoms with Crippen LogP contribution in [0.5, 0.6) is 5.75 Å². The fourth-order valence-corrected chi connectivity index (χ4v) is 5.51. The maximum atomic E-state index is 12.9. The number of ether oxygens (including phenoxy) is 1. The molecule has 2 aromatic heterocycles. The van der Waals surface area contributed by atoms with Crippen molar-refractivity contribution in [2.45, 2.75) is 12.6 Å². The normalized spacial score (nSPS) is 11.3. The summed E-state index contributed by atoms with van der Waals surface area (Å²) in [6.07, 6.45) is 0. The van der Waals surface area contributed by atoms with E-state index in [1.54, 1.807) is 57.9 Å². The van der Waals surface area contributed by atoms with Crippen LogP contribution in [0.25, 0.3) is 0 Å². The van der Waals surface area contributed by atoms with Gasteiger partial charge in [-0.1, -0.05) is 35.3 Å². The monoisotopic (exact) mass is 645 g/mol. The van der Waals surface area contributed by atoms with Crippen molar-refractivity contribution in [2.24, 2.45) is 0 Å². The molecule has 0 radical (unpaired) electrons. The molecule has 42 heavy (non-hydrogen) atoms. The molecule has 0 fully saturated rings. The molecule has 2 aromatic carbocycles. The third-order valence-electron chi connectivity index (χ3n) is 5.70. The number of rotatable bonds is 11. The van der Waals surface area contributed by atoms with Gasteiger partial charge in [-0.2, -0.15) is 22.7 Å². The summed E-state index contributed by atoms with van der Waals surface area (Å²) in [5.74, 6) is -3.51. The van der Waals surface area contributed by atoms with E-state index in [9.17, 15) is 29.1 Å². The highest BCUT2D eigenvalue weighted by Gasteiger charge is 2.25. The first-order chi connectivity index (χ1) is 20.1. The summed E-state index contributed by atoms with van der Waals surface area (Å²) < 4.78 is 5.37. The summed E-state index contributed by atoms with van der Waals surface area (Å²) in [7, 11) is 0. The predicted molar refractivity (Wildman–Crippen MR) is 159 cm³/mol. The number of nitrogens with one attached hydrogen (secondary N) is 3. The Labute approximate surface area is 257 Å². The lowest BCUT2D eigenvalue weighted by molar-refractivity contribution is -0.139. The number of esters is 1. The number of hydrogen-bond donors (Lipinski definition) is 4. The van der Waals surface area contributed by atoms with Crippen LogP contribution in [0.2, 0.25) is 10.0 Å². The number of aliphatic carboxylic acids is 1. The summed E-state index contributed by atoms with van der Waals surface area (Å²) in [5.41, 5.74) is 1.27. The van der Waals surface area contributed by atoms with Crippen molar-refractivity contribution in [2.75, 3.05) is 6.54 Å². The van der Waals surface area contributed by atoms with Gasteiger partial charge in [0.2, 0.25) is 0 Å². The number of halogens is 2. The van der Waals surface area contributed by atoms with E-state index in [2.05, 4.69) is 16.0 Å². The summed E-state index contributed by atoms with van der Waals surface area (Å²) in [6, 6.07) is 10.8. The van der Waals surface area contributed by atoms with E-state index in [0.29, 0.717) is 22.4 Å². The van der Waals surface area contributed by atoms with Gasteiger partial charge in [0, 0.05) is 35.0 Å². The van der Waals surface area contributed by atoms with Gasteiger partial charge in [0.05, 0.1) is 21.2 Å². The molecule has 0 aliphatic carbocycles. The molecule has 10 nitrogen and oxygen atoms in total. The summed E-state index contributed by atoms with van der Waals surface area (Å²) in [6.45, 7) is -0.308. The second kappa shape index (κ2) is 14.1. The number of carboxylic acid groups (broad SMARTS) is 1. The number of carboxylic acids is 1. The molecule has 0 unspecified atom stereocenters. The number of amides is 3. The van der Waals surface area contributed by atoms with Crippen LogP contribution in [0.15, 0.2) is 70.1 Å². The molecular formula is C28H21Cl2N3O7S2. The molecule has 4 rings (SSSR count). The zero-order valence-electron chi connectivity index (χ0n) is 21.4. The molecule has 3 amide bonds. The van der Waals surface area contributed by atoms with E-state index < -0.39 is 35.7 Å². The number of carbonyl (C=O) groups excluding carboxylic acids is 4. The molecule has 216 valence electrons. The van der Waals surface area contributed by atoms with Gasteiger partial charge in [-0.05, 0) is 52.7 Å². The smallest absolute Gasteiger partial charge is 0.344 e. The van der Waals surface area contributed by atoms with Gasteiger partial charge in [0.25, 0.3) is 17.7 Å². The summed E-state index contributed by atoms with van der Waals surface area (Å²) >= 11 is 15.2. The van der Waals surface area contributed by atoms with E-state index >= 15 is 0 Å². The van der Waals surface area contributed by atoms with Crippen LogP contribution in [0.3, 0.4) is 0 Å². The van der Waals surface area contributed by atoms with Crippen LogP contribution < -0.4 is 20.7 Å². The first-order valence-corrected chi connectivity index (χ1v) is 14.7. The molecule has 0 aliphatic heterocycles. The fourth-order valence-electron chi connectivity index (χ4n) is 3.59. The van der Waals surface area contributed by atoms with Crippen molar-refractivity contribution in [1.82, 2.24) is 16.0 Å². The first kappa shape index (κ1) is 30.7. The SMILES string of the molecule is O=C(NCc1cccc(OC(=O)c2ccsc2)c1)c1cc(Cl)c(C(=O)N[C@@H](CNC(=O)c2ccsc2)C(=O)O)c(Cl)c1. The van der Waals surface area contributed by atoms with Crippen LogP contribution in [-0.4, -0.2) is 47.4 Å². The zero-order valence-corrected chi connectivity index (χ0v) is 24.5. The Kier molecular flexibility index (Phi) is 10.3. The number of benzene rings is 2. The third kappa shape index (κ3) is 7.95. The third-order valence-corrected chi connectivity index (χ3v) is 7.67. The minimum atomic E-state index is -1.48. The zero-order chi connectivity index (χ0) is 30.2. The first-order valence-electron chi connectivity index (χ1n) is 12.1. The van der Waals surface area contributed by atoms with Gasteiger partial charge in [0.15, 0.2) is 0 Å². The average Bonchev–Trinajstić information content (AvgIpc) is 3.69. The second-order valence-corrected chi connectivity index (χ2v) is 11.0. The molecule has 4 aromatic rings. The molecular weight excluding hydrogens is 625 g/mol. The Morgan fingerprint density at radius 2 is 1.45 bits per heavy atom. The van der Waals surface area contributed by atoms with Crippen LogP contribution in [0.1, 0.15) is 47.0 Å². The number of hydrogen-bond acceptors (Lipinski definition) is 8. The molecule has 4 N–H and O–H groups in total. The molecule has 0 saturated carbocycles. The quantitative estimate of drug-likeness (QED) is 0.134. The molecule has 0 bridgehead atoms. The lowest BCUT2D eigenvalue weighted by Gasteiger charge is -2.17. The van der Waals surface area contributed by atoms with Crippen LogP contribution in [-0.2, 0) is 11.3 Å². The highest BCUT2D eigenvalue weighted by atomic mass is 35.5. The van der Waals surface area contributed by atoms with Crippen molar-refractivity contribution >= 4 is 75.5 Å². The Hall–Kier alpha value is -4.23. The highest BCUT2D eigenvalue weighted by molar-refractivity contribution is 7.08. The Bertz CT molecular complexity index is 1600. The minimum Gasteiger partial charge on any atom is -0.480 e. The lowest BCUT2D eigenvalue weighted by Crippen LogP contribution is -2.48. The Morgan fingerprint density at radius 3 is 2.07 bits per heavy atom. The average molecular weight is 647 g/mol. The van der Waals surface area contributed by atoms with Gasteiger partial charge in [0.1, 0.15) is 11.8 Å². The van der Waals surface area contributed by atoms with E-state index in [1.807, 2.05) is 0 Å². The van der Waals surface area contributed by atoms with Crippen LogP contribution >= 0.6 is 45.9 Å².